The van der Waals surface area contributed by atoms with Gasteiger partial charge in [-0.05, 0) is 71.6 Å². The number of rotatable bonds is 3. The Labute approximate surface area is 132 Å². The summed E-state index contributed by atoms with van der Waals surface area (Å²) in [6.07, 6.45) is 0. The van der Waals surface area contributed by atoms with Crippen molar-refractivity contribution in [1.82, 2.24) is 0 Å². The minimum absolute atomic E-state index is 0.109. The van der Waals surface area contributed by atoms with E-state index in [-0.39, 0.29) is 4.90 Å². The lowest BCUT2D eigenvalue weighted by molar-refractivity contribution is 0.597. The summed E-state index contributed by atoms with van der Waals surface area (Å²) in [4.78, 5) is 0.109. The summed E-state index contributed by atoms with van der Waals surface area (Å²) in [5.41, 5.74) is 2.13. The van der Waals surface area contributed by atoms with Gasteiger partial charge < -0.3 is 0 Å². The Balaban J connectivity index is 2.51. The van der Waals surface area contributed by atoms with Gasteiger partial charge in [0.1, 0.15) is 5.82 Å². The van der Waals surface area contributed by atoms with E-state index in [0.29, 0.717) is 21.3 Å². The molecular weight excluding hydrogens is 357 g/mol. The topological polar surface area (TPSA) is 46.2 Å². The fourth-order valence-electron chi connectivity index (χ4n) is 2.24. The van der Waals surface area contributed by atoms with E-state index >= 15 is 0 Å². The Morgan fingerprint density at radius 1 is 1.05 bits per heavy atom. The number of halogens is 2. The second-order valence-corrected chi connectivity index (χ2v) is 7.32. The molecule has 112 valence electrons. The Hall–Kier alpha value is -1.40. The highest BCUT2D eigenvalue weighted by atomic mass is 79.9. The number of hydrogen-bond donors (Lipinski definition) is 1. The minimum atomic E-state index is -3.78. The van der Waals surface area contributed by atoms with Gasteiger partial charge in [-0.15, -0.1) is 0 Å². The van der Waals surface area contributed by atoms with Crippen molar-refractivity contribution in [2.45, 2.75) is 25.7 Å². The molecule has 0 saturated carbocycles. The lowest BCUT2D eigenvalue weighted by atomic mass is 10.1. The van der Waals surface area contributed by atoms with Crippen molar-refractivity contribution in [1.29, 1.82) is 0 Å². The van der Waals surface area contributed by atoms with Gasteiger partial charge in [0.25, 0.3) is 10.0 Å². The normalized spacial score (nSPS) is 11.5. The van der Waals surface area contributed by atoms with Gasteiger partial charge in [0.2, 0.25) is 0 Å². The van der Waals surface area contributed by atoms with E-state index in [2.05, 4.69) is 20.7 Å². The summed E-state index contributed by atoms with van der Waals surface area (Å²) < 4.78 is 41.7. The summed E-state index contributed by atoms with van der Waals surface area (Å²) in [6.45, 7) is 5.03. The highest BCUT2D eigenvalue weighted by Gasteiger charge is 2.21. The van der Waals surface area contributed by atoms with Crippen LogP contribution >= 0.6 is 15.9 Å². The molecule has 2 rings (SSSR count). The number of sulfonamides is 1. The second kappa shape index (κ2) is 5.77. The van der Waals surface area contributed by atoms with Gasteiger partial charge in [-0.1, -0.05) is 12.1 Å². The zero-order valence-electron chi connectivity index (χ0n) is 11.9. The molecule has 0 aliphatic rings. The smallest absolute Gasteiger partial charge is 0.262 e. The van der Waals surface area contributed by atoms with Crippen LogP contribution in [0, 0.1) is 26.6 Å². The molecule has 2 aromatic rings. The van der Waals surface area contributed by atoms with E-state index in [0.717, 1.165) is 5.56 Å². The van der Waals surface area contributed by atoms with Crippen LogP contribution in [0.1, 0.15) is 16.7 Å². The average molecular weight is 372 g/mol. The largest absolute Gasteiger partial charge is 0.278 e. The molecular formula is C15H15BrFNO2S. The third-order valence-corrected chi connectivity index (χ3v) is 5.85. The zero-order valence-corrected chi connectivity index (χ0v) is 14.3. The quantitative estimate of drug-likeness (QED) is 0.873. The summed E-state index contributed by atoms with van der Waals surface area (Å²) in [6, 6.07) is 7.74. The molecule has 0 atom stereocenters. The molecule has 0 unspecified atom stereocenters. The van der Waals surface area contributed by atoms with Crippen molar-refractivity contribution >= 4 is 31.6 Å². The van der Waals surface area contributed by atoms with Gasteiger partial charge in [0, 0.05) is 4.47 Å². The SMILES string of the molecule is Cc1cccc(NS(=O)(=O)c2c(C)cc(F)cc2C)c1Br. The Kier molecular flexibility index (Phi) is 4.39. The van der Waals surface area contributed by atoms with Gasteiger partial charge in [0.05, 0.1) is 10.6 Å². The fourth-order valence-corrected chi connectivity index (χ4v) is 4.27. The van der Waals surface area contributed by atoms with Crippen LogP contribution < -0.4 is 4.72 Å². The average Bonchev–Trinajstić information content (AvgIpc) is 2.33. The third-order valence-electron chi connectivity index (χ3n) is 3.13. The van der Waals surface area contributed by atoms with Gasteiger partial charge in [0.15, 0.2) is 0 Å². The predicted octanol–water partition coefficient (Wildman–Crippen LogP) is 4.31. The third kappa shape index (κ3) is 3.27. The molecule has 0 fully saturated rings. The zero-order chi connectivity index (χ0) is 15.8. The molecule has 3 nitrogen and oxygen atoms in total. The van der Waals surface area contributed by atoms with Gasteiger partial charge in [-0.2, -0.15) is 0 Å². The van der Waals surface area contributed by atoms with Crippen LogP contribution in [-0.4, -0.2) is 8.42 Å². The maximum absolute atomic E-state index is 13.3. The molecule has 0 aliphatic heterocycles. The Morgan fingerprint density at radius 2 is 1.62 bits per heavy atom. The molecule has 6 heteroatoms. The Morgan fingerprint density at radius 3 is 2.19 bits per heavy atom. The first-order chi connectivity index (χ1) is 9.72. The molecule has 0 heterocycles. The molecule has 2 aromatic carbocycles. The van der Waals surface area contributed by atoms with Crippen LogP contribution in [0.4, 0.5) is 10.1 Å². The van der Waals surface area contributed by atoms with Crippen molar-refractivity contribution in [3.05, 3.63) is 57.3 Å². The number of anilines is 1. The number of benzene rings is 2. The van der Waals surface area contributed by atoms with Crippen LogP contribution in [0.3, 0.4) is 0 Å². The van der Waals surface area contributed by atoms with Crippen molar-refractivity contribution < 1.29 is 12.8 Å². The fraction of sp³-hybridized carbons (Fsp3) is 0.200. The molecule has 1 N–H and O–H groups in total. The maximum atomic E-state index is 13.3. The van der Waals surface area contributed by atoms with Crippen molar-refractivity contribution in [3.63, 3.8) is 0 Å². The van der Waals surface area contributed by atoms with E-state index in [4.69, 9.17) is 0 Å². The predicted molar refractivity (Wildman–Crippen MR) is 85.6 cm³/mol. The van der Waals surface area contributed by atoms with Crippen molar-refractivity contribution in [2.75, 3.05) is 4.72 Å². The molecule has 0 aliphatic carbocycles. The summed E-state index contributed by atoms with van der Waals surface area (Å²) >= 11 is 3.37. The first kappa shape index (κ1) is 16.0. The molecule has 0 amide bonds. The molecule has 0 saturated heterocycles. The van der Waals surface area contributed by atoms with Crippen molar-refractivity contribution in [2.24, 2.45) is 0 Å². The van der Waals surface area contributed by atoms with Gasteiger partial charge >= 0.3 is 0 Å². The highest BCUT2D eigenvalue weighted by Crippen LogP contribution is 2.29. The first-order valence-electron chi connectivity index (χ1n) is 6.27. The van der Waals surface area contributed by atoms with Gasteiger partial charge in [-0.3, -0.25) is 4.72 Å². The van der Waals surface area contributed by atoms with Crippen LogP contribution in [0.5, 0.6) is 0 Å². The first-order valence-corrected chi connectivity index (χ1v) is 8.54. The molecule has 0 bridgehead atoms. The monoisotopic (exact) mass is 371 g/mol. The van der Waals surface area contributed by atoms with Crippen LogP contribution in [-0.2, 0) is 10.0 Å². The minimum Gasteiger partial charge on any atom is -0.278 e. The molecule has 0 radical (unpaired) electrons. The van der Waals surface area contributed by atoms with E-state index < -0.39 is 15.8 Å². The lowest BCUT2D eigenvalue weighted by Crippen LogP contribution is -2.16. The summed E-state index contributed by atoms with van der Waals surface area (Å²) in [7, 11) is -3.78. The number of nitrogens with one attached hydrogen (secondary N) is 1. The number of aryl methyl sites for hydroxylation is 3. The van der Waals surface area contributed by atoms with Crippen LogP contribution in [0.2, 0.25) is 0 Å². The Bertz CT molecular complexity index is 780. The lowest BCUT2D eigenvalue weighted by Gasteiger charge is -2.14. The van der Waals surface area contributed by atoms with Crippen molar-refractivity contribution in [3.8, 4) is 0 Å². The molecule has 0 aromatic heterocycles. The number of hydrogen-bond acceptors (Lipinski definition) is 2. The van der Waals surface area contributed by atoms with E-state index in [9.17, 15) is 12.8 Å². The molecule has 0 spiro atoms. The van der Waals surface area contributed by atoms with E-state index in [1.54, 1.807) is 26.0 Å². The van der Waals surface area contributed by atoms with Gasteiger partial charge in [-0.25, -0.2) is 12.8 Å². The summed E-state index contributed by atoms with van der Waals surface area (Å²) in [5.74, 6) is -0.444. The standard InChI is InChI=1S/C15H15BrFNO2S/c1-9-5-4-6-13(14(9)16)18-21(19,20)15-10(2)7-12(17)8-11(15)3/h4-8,18H,1-3H3. The highest BCUT2D eigenvalue weighted by molar-refractivity contribution is 9.10. The summed E-state index contributed by atoms with van der Waals surface area (Å²) in [5, 5.41) is 0. The van der Waals surface area contributed by atoms with E-state index in [1.165, 1.54) is 12.1 Å². The second-order valence-electron chi connectivity index (χ2n) is 4.91. The van der Waals surface area contributed by atoms with Crippen LogP contribution in [0.15, 0.2) is 39.7 Å². The maximum Gasteiger partial charge on any atom is 0.262 e. The van der Waals surface area contributed by atoms with Crippen LogP contribution in [0.25, 0.3) is 0 Å². The van der Waals surface area contributed by atoms with E-state index in [1.807, 2.05) is 13.0 Å². The molecule has 21 heavy (non-hydrogen) atoms.